The van der Waals surface area contributed by atoms with Gasteiger partial charge in [-0.25, -0.2) is 4.39 Å². The number of hydrogen-bond acceptors (Lipinski definition) is 5. The molecule has 20 heavy (non-hydrogen) atoms. The van der Waals surface area contributed by atoms with Crippen LogP contribution in [0.5, 0.6) is 0 Å². The van der Waals surface area contributed by atoms with E-state index in [9.17, 15) is 9.18 Å². The lowest BCUT2D eigenvalue weighted by atomic mass is 10.1. The molecule has 2 aromatic rings. The largest absolute Gasteiger partial charge is 0.382 e. The van der Waals surface area contributed by atoms with Gasteiger partial charge in [-0.3, -0.25) is 4.79 Å². The summed E-state index contributed by atoms with van der Waals surface area (Å²) in [6.07, 6.45) is 0. The predicted molar refractivity (Wildman–Crippen MR) is 78.4 cm³/mol. The van der Waals surface area contributed by atoms with Crippen molar-refractivity contribution in [3.8, 4) is 0 Å². The Bertz CT molecular complexity index is 611. The van der Waals surface area contributed by atoms with Gasteiger partial charge in [-0.15, -0.1) is 0 Å². The molecule has 0 saturated carbocycles. The summed E-state index contributed by atoms with van der Waals surface area (Å²) in [4.78, 5) is 11.8. The third kappa shape index (κ3) is 2.88. The van der Waals surface area contributed by atoms with Gasteiger partial charge in [0, 0.05) is 13.1 Å². The van der Waals surface area contributed by atoms with E-state index in [4.69, 9.17) is 5.73 Å². The summed E-state index contributed by atoms with van der Waals surface area (Å²) in [5.41, 5.74) is 6.94. The Morgan fingerprint density at radius 3 is 2.65 bits per heavy atom. The molecular formula is C13H15FN4OS. The second-order valence-corrected chi connectivity index (χ2v) is 5.04. The van der Waals surface area contributed by atoms with E-state index in [1.165, 1.54) is 19.2 Å². The van der Waals surface area contributed by atoms with Crippen LogP contribution in [0.25, 0.3) is 0 Å². The molecule has 1 amide bonds. The first-order valence-corrected chi connectivity index (χ1v) is 6.79. The van der Waals surface area contributed by atoms with Gasteiger partial charge in [0.2, 0.25) is 0 Å². The van der Waals surface area contributed by atoms with E-state index in [2.05, 4.69) is 15.0 Å². The molecule has 7 heteroatoms. The molecule has 4 N–H and O–H groups in total. The maximum atomic E-state index is 12.9. The monoisotopic (exact) mass is 294 g/mol. The number of carbonyl (C=O) groups is 1. The average Bonchev–Trinajstić information content (AvgIpc) is 2.79. The van der Waals surface area contributed by atoms with Crippen molar-refractivity contribution in [2.75, 3.05) is 18.1 Å². The minimum Gasteiger partial charge on any atom is -0.382 e. The lowest BCUT2D eigenvalue weighted by Crippen LogP contribution is -2.20. The molecule has 0 aliphatic carbocycles. The lowest BCUT2D eigenvalue weighted by molar-refractivity contribution is 0.0965. The van der Waals surface area contributed by atoms with Crippen LogP contribution < -0.4 is 16.4 Å². The molecule has 0 radical (unpaired) electrons. The van der Waals surface area contributed by atoms with Crippen molar-refractivity contribution in [1.82, 2.24) is 9.69 Å². The third-order valence-corrected chi connectivity index (χ3v) is 3.68. The first-order valence-electron chi connectivity index (χ1n) is 6.02. The Hall–Kier alpha value is -2.15. The number of nitrogens with one attached hydrogen (secondary N) is 2. The summed E-state index contributed by atoms with van der Waals surface area (Å²) in [6.45, 7) is 1.91. The number of benzene rings is 1. The lowest BCUT2D eigenvalue weighted by Gasteiger charge is -2.15. The molecular weight excluding hydrogens is 279 g/mol. The van der Waals surface area contributed by atoms with Crippen LogP contribution in [0.15, 0.2) is 24.3 Å². The number of nitrogens with zero attached hydrogens (tertiary/aromatic N) is 1. The van der Waals surface area contributed by atoms with Crippen LogP contribution in [0, 0.1) is 5.82 Å². The minimum absolute atomic E-state index is 0.0983. The summed E-state index contributed by atoms with van der Waals surface area (Å²) in [6, 6.07) is 6.08. The Labute approximate surface area is 120 Å². The highest BCUT2D eigenvalue weighted by atomic mass is 32.1. The van der Waals surface area contributed by atoms with Gasteiger partial charge in [-0.05, 0) is 36.2 Å². The SMILES string of the molecule is CNC(=O)c1c(N)nsc1NC(C)c1ccc(F)cc1. The van der Waals surface area contributed by atoms with Crippen molar-refractivity contribution in [3.05, 3.63) is 41.2 Å². The van der Waals surface area contributed by atoms with E-state index >= 15 is 0 Å². The summed E-state index contributed by atoms with van der Waals surface area (Å²) in [5.74, 6) is -0.373. The summed E-state index contributed by atoms with van der Waals surface area (Å²) >= 11 is 1.12. The van der Waals surface area contributed by atoms with Gasteiger partial charge < -0.3 is 16.4 Å². The summed E-state index contributed by atoms with van der Waals surface area (Å²) in [5, 5.41) is 6.30. The van der Waals surface area contributed by atoms with Gasteiger partial charge in [-0.2, -0.15) is 4.37 Å². The molecule has 0 aliphatic rings. The van der Waals surface area contributed by atoms with Gasteiger partial charge in [-0.1, -0.05) is 12.1 Å². The van der Waals surface area contributed by atoms with Gasteiger partial charge in [0.25, 0.3) is 5.91 Å². The van der Waals surface area contributed by atoms with Crippen molar-refractivity contribution in [1.29, 1.82) is 0 Å². The Kier molecular flexibility index (Phi) is 4.19. The Morgan fingerprint density at radius 2 is 2.05 bits per heavy atom. The fraction of sp³-hybridized carbons (Fsp3) is 0.231. The molecule has 1 aromatic heterocycles. The van der Waals surface area contributed by atoms with Gasteiger partial charge in [0.1, 0.15) is 16.4 Å². The predicted octanol–water partition coefficient (Wildman–Crippen LogP) is 2.40. The molecule has 0 bridgehead atoms. The molecule has 5 nitrogen and oxygen atoms in total. The fourth-order valence-electron chi connectivity index (χ4n) is 1.78. The number of nitrogen functional groups attached to an aromatic ring is 1. The van der Waals surface area contributed by atoms with Crippen molar-refractivity contribution in [2.24, 2.45) is 0 Å². The molecule has 1 unspecified atom stereocenters. The van der Waals surface area contributed by atoms with Crippen molar-refractivity contribution in [2.45, 2.75) is 13.0 Å². The van der Waals surface area contributed by atoms with Crippen LogP contribution in [0.2, 0.25) is 0 Å². The number of anilines is 2. The maximum absolute atomic E-state index is 12.9. The number of aromatic nitrogens is 1. The first kappa shape index (κ1) is 14.3. The van der Waals surface area contributed by atoms with E-state index in [0.717, 1.165) is 17.1 Å². The minimum atomic E-state index is -0.287. The third-order valence-electron chi connectivity index (χ3n) is 2.89. The van der Waals surface area contributed by atoms with Crippen molar-refractivity contribution >= 4 is 28.3 Å². The van der Waals surface area contributed by atoms with Crippen LogP contribution in [0.3, 0.4) is 0 Å². The molecule has 2 rings (SSSR count). The van der Waals surface area contributed by atoms with Gasteiger partial charge >= 0.3 is 0 Å². The average molecular weight is 294 g/mol. The molecule has 106 valence electrons. The zero-order chi connectivity index (χ0) is 14.7. The zero-order valence-corrected chi connectivity index (χ0v) is 11.9. The van der Waals surface area contributed by atoms with Gasteiger partial charge in [0.05, 0.1) is 0 Å². The fourth-order valence-corrected chi connectivity index (χ4v) is 2.58. The molecule has 0 fully saturated rings. The van der Waals surface area contributed by atoms with E-state index in [1.54, 1.807) is 12.1 Å². The molecule has 0 spiro atoms. The normalized spacial score (nSPS) is 11.9. The van der Waals surface area contributed by atoms with E-state index in [-0.39, 0.29) is 23.6 Å². The second kappa shape index (κ2) is 5.87. The van der Waals surface area contributed by atoms with Crippen LogP contribution in [-0.2, 0) is 0 Å². The molecule has 0 aliphatic heterocycles. The molecule has 1 heterocycles. The Morgan fingerprint density at radius 1 is 1.40 bits per heavy atom. The quantitative estimate of drug-likeness (QED) is 0.809. The summed E-state index contributed by atoms with van der Waals surface area (Å²) in [7, 11) is 1.53. The first-order chi connectivity index (χ1) is 9.52. The number of hydrogen-bond donors (Lipinski definition) is 3. The standard InChI is InChI=1S/C13H15FN4OS/c1-7(8-3-5-9(14)6-4-8)17-13-10(12(19)16-2)11(15)18-20-13/h3-7,17H,1-2H3,(H2,15,18)(H,16,19). The maximum Gasteiger partial charge on any atom is 0.257 e. The Balaban J connectivity index is 2.22. The highest BCUT2D eigenvalue weighted by Gasteiger charge is 2.19. The van der Waals surface area contributed by atoms with Crippen LogP contribution in [0.1, 0.15) is 28.9 Å². The number of nitrogens with two attached hydrogens (primary N) is 1. The molecule has 1 aromatic carbocycles. The smallest absolute Gasteiger partial charge is 0.257 e. The molecule has 0 saturated heterocycles. The van der Waals surface area contributed by atoms with Crippen LogP contribution in [-0.4, -0.2) is 17.3 Å². The second-order valence-electron chi connectivity index (χ2n) is 4.27. The number of halogens is 1. The van der Waals surface area contributed by atoms with Crippen LogP contribution in [0.4, 0.5) is 15.2 Å². The number of amides is 1. The van der Waals surface area contributed by atoms with Crippen molar-refractivity contribution in [3.63, 3.8) is 0 Å². The molecule has 1 atom stereocenters. The highest BCUT2D eigenvalue weighted by molar-refractivity contribution is 7.11. The van der Waals surface area contributed by atoms with E-state index in [0.29, 0.717) is 10.6 Å². The number of carbonyl (C=O) groups excluding carboxylic acids is 1. The van der Waals surface area contributed by atoms with Crippen LogP contribution >= 0.6 is 11.5 Å². The van der Waals surface area contributed by atoms with E-state index in [1.807, 2.05) is 6.92 Å². The number of rotatable bonds is 4. The topological polar surface area (TPSA) is 80.0 Å². The van der Waals surface area contributed by atoms with Gasteiger partial charge in [0.15, 0.2) is 5.82 Å². The zero-order valence-electron chi connectivity index (χ0n) is 11.1. The summed E-state index contributed by atoms with van der Waals surface area (Å²) < 4.78 is 16.9. The van der Waals surface area contributed by atoms with Crippen molar-refractivity contribution < 1.29 is 9.18 Å². The highest BCUT2D eigenvalue weighted by Crippen LogP contribution is 2.30. The van der Waals surface area contributed by atoms with E-state index < -0.39 is 0 Å².